The standard InChI is InChI=1S/C16H15N3O4/c17-14-6-5-12(19(21)22)8-13(14)16(20)18-11-7-10-3-1-2-4-15(10)23-9-11/h1-6,8,11H,7,9,17H2,(H,18,20). The summed E-state index contributed by atoms with van der Waals surface area (Å²) in [6.07, 6.45) is 0.636. The zero-order valence-corrected chi connectivity index (χ0v) is 12.2. The number of ether oxygens (including phenoxy) is 1. The van der Waals surface area contributed by atoms with Crippen LogP contribution in [0.2, 0.25) is 0 Å². The molecule has 118 valence electrons. The van der Waals surface area contributed by atoms with Gasteiger partial charge in [-0.05, 0) is 24.1 Å². The minimum Gasteiger partial charge on any atom is -0.491 e. The molecule has 2 aromatic rings. The molecule has 1 aliphatic rings. The average Bonchev–Trinajstić information content (AvgIpc) is 2.54. The Morgan fingerprint density at radius 2 is 2.09 bits per heavy atom. The second-order valence-electron chi connectivity index (χ2n) is 5.32. The third-order valence-corrected chi connectivity index (χ3v) is 3.71. The first-order valence-corrected chi connectivity index (χ1v) is 7.10. The van der Waals surface area contributed by atoms with Crippen LogP contribution in [0.1, 0.15) is 15.9 Å². The van der Waals surface area contributed by atoms with E-state index in [-0.39, 0.29) is 23.0 Å². The predicted molar refractivity (Wildman–Crippen MR) is 84.4 cm³/mol. The minimum absolute atomic E-state index is 0.0954. The fraction of sp³-hybridized carbons (Fsp3) is 0.188. The number of fused-ring (bicyclic) bond motifs is 1. The smallest absolute Gasteiger partial charge is 0.270 e. The van der Waals surface area contributed by atoms with Crippen molar-refractivity contribution in [1.82, 2.24) is 5.32 Å². The first kappa shape index (κ1) is 14.8. The summed E-state index contributed by atoms with van der Waals surface area (Å²) in [6, 6.07) is 11.2. The molecule has 1 heterocycles. The maximum atomic E-state index is 12.4. The van der Waals surface area contributed by atoms with E-state index in [4.69, 9.17) is 10.5 Å². The van der Waals surface area contributed by atoms with E-state index in [9.17, 15) is 14.9 Å². The van der Waals surface area contributed by atoms with Gasteiger partial charge in [-0.25, -0.2) is 0 Å². The van der Waals surface area contributed by atoms with Crippen LogP contribution >= 0.6 is 0 Å². The van der Waals surface area contributed by atoms with Crippen molar-refractivity contribution in [2.75, 3.05) is 12.3 Å². The number of para-hydroxylation sites is 1. The Morgan fingerprint density at radius 1 is 1.30 bits per heavy atom. The van der Waals surface area contributed by atoms with Crippen molar-refractivity contribution in [2.24, 2.45) is 0 Å². The third kappa shape index (κ3) is 3.08. The van der Waals surface area contributed by atoms with Crippen molar-refractivity contribution >= 4 is 17.3 Å². The molecule has 1 aliphatic heterocycles. The molecule has 0 fully saturated rings. The van der Waals surface area contributed by atoms with Gasteiger partial charge in [0.2, 0.25) is 0 Å². The van der Waals surface area contributed by atoms with Gasteiger partial charge in [0.1, 0.15) is 12.4 Å². The molecule has 0 aliphatic carbocycles. The summed E-state index contributed by atoms with van der Waals surface area (Å²) in [5.41, 5.74) is 6.89. The van der Waals surface area contributed by atoms with E-state index in [0.717, 1.165) is 11.3 Å². The highest BCUT2D eigenvalue weighted by Crippen LogP contribution is 2.25. The molecule has 3 N–H and O–H groups in total. The maximum absolute atomic E-state index is 12.4. The number of rotatable bonds is 3. The van der Waals surface area contributed by atoms with Crippen LogP contribution in [0.15, 0.2) is 42.5 Å². The molecule has 0 saturated heterocycles. The zero-order chi connectivity index (χ0) is 16.4. The first-order chi connectivity index (χ1) is 11.0. The van der Waals surface area contributed by atoms with Crippen LogP contribution in [-0.4, -0.2) is 23.5 Å². The maximum Gasteiger partial charge on any atom is 0.270 e. The van der Waals surface area contributed by atoms with Crippen molar-refractivity contribution in [3.8, 4) is 5.75 Å². The lowest BCUT2D eigenvalue weighted by molar-refractivity contribution is -0.384. The fourth-order valence-electron chi connectivity index (χ4n) is 2.54. The molecule has 7 nitrogen and oxygen atoms in total. The summed E-state index contributed by atoms with van der Waals surface area (Å²) in [5, 5.41) is 13.6. The lowest BCUT2D eigenvalue weighted by atomic mass is 10.0. The molecule has 2 aromatic carbocycles. The van der Waals surface area contributed by atoms with E-state index >= 15 is 0 Å². The normalized spacial score (nSPS) is 16.1. The van der Waals surface area contributed by atoms with E-state index in [1.54, 1.807) is 0 Å². The van der Waals surface area contributed by atoms with Crippen molar-refractivity contribution in [2.45, 2.75) is 12.5 Å². The summed E-state index contributed by atoms with van der Waals surface area (Å²) < 4.78 is 5.61. The number of amides is 1. The Bertz CT molecular complexity index is 776. The van der Waals surface area contributed by atoms with Gasteiger partial charge in [-0.3, -0.25) is 14.9 Å². The number of anilines is 1. The number of nitrogen functional groups attached to an aromatic ring is 1. The molecular weight excluding hydrogens is 298 g/mol. The second-order valence-corrected chi connectivity index (χ2v) is 5.32. The van der Waals surface area contributed by atoms with Gasteiger partial charge in [0, 0.05) is 17.8 Å². The van der Waals surface area contributed by atoms with Crippen LogP contribution < -0.4 is 15.8 Å². The second kappa shape index (κ2) is 5.96. The predicted octanol–water partition coefficient (Wildman–Crippen LogP) is 1.91. The van der Waals surface area contributed by atoms with Crippen LogP contribution in [0.25, 0.3) is 0 Å². The fourth-order valence-corrected chi connectivity index (χ4v) is 2.54. The van der Waals surface area contributed by atoms with Gasteiger partial charge in [0.05, 0.1) is 16.5 Å². The average molecular weight is 313 g/mol. The Morgan fingerprint density at radius 3 is 2.87 bits per heavy atom. The van der Waals surface area contributed by atoms with Gasteiger partial charge >= 0.3 is 0 Å². The summed E-state index contributed by atoms with van der Waals surface area (Å²) in [5.74, 6) is 0.368. The highest BCUT2D eigenvalue weighted by molar-refractivity contribution is 6.00. The van der Waals surface area contributed by atoms with Crippen LogP contribution in [0.4, 0.5) is 11.4 Å². The number of benzene rings is 2. The Labute approximate surface area is 132 Å². The zero-order valence-electron chi connectivity index (χ0n) is 12.2. The largest absolute Gasteiger partial charge is 0.491 e. The topological polar surface area (TPSA) is 107 Å². The number of hydrogen-bond acceptors (Lipinski definition) is 5. The van der Waals surface area contributed by atoms with Crippen molar-refractivity contribution < 1.29 is 14.5 Å². The lowest BCUT2D eigenvalue weighted by Gasteiger charge is -2.26. The van der Waals surface area contributed by atoms with Crippen molar-refractivity contribution in [1.29, 1.82) is 0 Å². The molecule has 1 amide bonds. The molecule has 0 bridgehead atoms. The van der Waals surface area contributed by atoms with E-state index in [1.165, 1.54) is 18.2 Å². The molecule has 1 unspecified atom stereocenters. The molecule has 1 atom stereocenters. The molecule has 0 spiro atoms. The lowest BCUT2D eigenvalue weighted by Crippen LogP contribution is -2.42. The number of nitrogens with zero attached hydrogens (tertiary/aromatic N) is 1. The Kier molecular flexibility index (Phi) is 3.84. The van der Waals surface area contributed by atoms with Gasteiger partial charge in [0.15, 0.2) is 0 Å². The first-order valence-electron chi connectivity index (χ1n) is 7.10. The van der Waals surface area contributed by atoms with E-state index in [2.05, 4.69) is 5.32 Å². The van der Waals surface area contributed by atoms with Crippen LogP contribution in [0, 0.1) is 10.1 Å². The van der Waals surface area contributed by atoms with Crippen molar-refractivity contribution in [3.63, 3.8) is 0 Å². The molecule has 0 aromatic heterocycles. The number of nitrogens with two attached hydrogens (primary N) is 1. The van der Waals surface area contributed by atoms with Crippen LogP contribution in [0.3, 0.4) is 0 Å². The van der Waals surface area contributed by atoms with Gasteiger partial charge in [-0.15, -0.1) is 0 Å². The number of carbonyl (C=O) groups is 1. The van der Waals surface area contributed by atoms with Crippen molar-refractivity contribution in [3.05, 3.63) is 63.7 Å². The molecule has 0 saturated carbocycles. The quantitative estimate of drug-likeness (QED) is 0.511. The molecule has 3 rings (SSSR count). The summed E-state index contributed by atoms with van der Waals surface area (Å²) >= 11 is 0. The molecular formula is C16H15N3O4. The SMILES string of the molecule is Nc1ccc([N+](=O)[O-])cc1C(=O)NC1COc2ccccc2C1. The Hall–Kier alpha value is -3.09. The summed E-state index contributed by atoms with van der Waals surface area (Å²) in [7, 11) is 0. The summed E-state index contributed by atoms with van der Waals surface area (Å²) in [4.78, 5) is 22.6. The molecule has 0 radical (unpaired) electrons. The van der Waals surface area contributed by atoms with E-state index in [1.807, 2.05) is 24.3 Å². The highest BCUT2D eigenvalue weighted by Gasteiger charge is 2.23. The van der Waals surface area contributed by atoms with Gasteiger partial charge in [-0.1, -0.05) is 18.2 Å². The van der Waals surface area contributed by atoms with Crippen LogP contribution in [-0.2, 0) is 6.42 Å². The van der Waals surface area contributed by atoms with Gasteiger partial charge in [0.25, 0.3) is 11.6 Å². The Balaban J connectivity index is 1.75. The molecule has 7 heteroatoms. The number of carbonyl (C=O) groups excluding carboxylic acids is 1. The number of nitro benzene ring substituents is 1. The number of nitro groups is 1. The van der Waals surface area contributed by atoms with Crippen LogP contribution in [0.5, 0.6) is 5.75 Å². The van der Waals surface area contributed by atoms with Gasteiger partial charge in [-0.2, -0.15) is 0 Å². The number of hydrogen-bond donors (Lipinski definition) is 2. The third-order valence-electron chi connectivity index (χ3n) is 3.71. The molecule has 23 heavy (non-hydrogen) atoms. The minimum atomic E-state index is -0.559. The van der Waals surface area contributed by atoms with E-state index < -0.39 is 10.8 Å². The van der Waals surface area contributed by atoms with Gasteiger partial charge < -0.3 is 15.8 Å². The highest BCUT2D eigenvalue weighted by atomic mass is 16.6. The van der Waals surface area contributed by atoms with E-state index in [0.29, 0.717) is 13.0 Å². The number of non-ortho nitro benzene ring substituents is 1. The number of nitrogens with one attached hydrogen (secondary N) is 1. The monoisotopic (exact) mass is 313 g/mol. The summed E-state index contributed by atoms with van der Waals surface area (Å²) in [6.45, 7) is 0.345.